The van der Waals surface area contributed by atoms with E-state index in [2.05, 4.69) is 14.7 Å². The van der Waals surface area contributed by atoms with Crippen LogP contribution >= 0.6 is 11.5 Å². The fourth-order valence-corrected chi connectivity index (χ4v) is 3.16. The smallest absolute Gasteiger partial charge is 0.123 e. The molecule has 0 bridgehead atoms. The third-order valence-corrected chi connectivity index (χ3v) is 4.32. The van der Waals surface area contributed by atoms with Gasteiger partial charge in [0.2, 0.25) is 0 Å². The molecule has 1 unspecified atom stereocenters. The van der Waals surface area contributed by atoms with E-state index < -0.39 is 6.10 Å². The van der Waals surface area contributed by atoms with E-state index in [4.69, 9.17) is 0 Å². The van der Waals surface area contributed by atoms with Gasteiger partial charge < -0.3 is 5.11 Å². The van der Waals surface area contributed by atoms with E-state index in [0.717, 1.165) is 29.1 Å². The number of aromatic nitrogens is 4. The highest BCUT2D eigenvalue weighted by Gasteiger charge is 2.17. The summed E-state index contributed by atoms with van der Waals surface area (Å²) in [4.78, 5) is 0. The molecule has 0 aliphatic rings. The molecule has 120 valence electrons. The highest BCUT2D eigenvalue weighted by Crippen LogP contribution is 2.32. The fraction of sp³-hybridized carbons (Fsp3) is 0.312. The van der Waals surface area contributed by atoms with E-state index in [9.17, 15) is 9.50 Å². The summed E-state index contributed by atoms with van der Waals surface area (Å²) < 4.78 is 19.7. The third-order valence-electron chi connectivity index (χ3n) is 3.64. The van der Waals surface area contributed by atoms with E-state index in [-0.39, 0.29) is 5.82 Å². The summed E-state index contributed by atoms with van der Waals surface area (Å²) in [5.74, 6) is -0.368. The number of hydrogen-bond donors (Lipinski definition) is 1. The summed E-state index contributed by atoms with van der Waals surface area (Å²) in [5.41, 5.74) is 3.90. The lowest BCUT2D eigenvalue weighted by molar-refractivity contribution is 0.199. The monoisotopic (exact) mass is 332 g/mol. The van der Waals surface area contributed by atoms with E-state index in [0.29, 0.717) is 12.0 Å². The number of aryl methyl sites for hydroxylation is 1. The normalized spacial score (nSPS) is 12.5. The molecule has 2 aromatic heterocycles. The van der Waals surface area contributed by atoms with Crippen LogP contribution in [0.15, 0.2) is 29.8 Å². The summed E-state index contributed by atoms with van der Waals surface area (Å²) in [6, 6.07) is 4.41. The summed E-state index contributed by atoms with van der Waals surface area (Å²) in [7, 11) is 0. The first kappa shape index (κ1) is 15.8. The molecule has 7 heteroatoms. The number of halogens is 1. The average Bonchev–Trinajstić information content (AvgIpc) is 3.17. The zero-order chi connectivity index (χ0) is 16.4. The Morgan fingerprint density at radius 1 is 1.39 bits per heavy atom. The van der Waals surface area contributed by atoms with Crippen LogP contribution in [-0.4, -0.2) is 24.5 Å². The second kappa shape index (κ2) is 6.55. The Bertz CT molecular complexity index is 812. The molecule has 0 fully saturated rings. The van der Waals surface area contributed by atoms with Gasteiger partial charge >= 0.3 is 0 Å². The van der Waals surface area contributed by atoms with E-state index in [1.54, 1.807) is 17.7 Å². The van der Waals surface area contributed by atoms with Gasteiger partial charge in [-0.15, -0.1) is 5.10 Å². The number of benzene rings is 1. The molecule has 0 spiro atoms. The Kier molecular flexibility index (Phi) is 4.49. The summed E-state index contributed by atoms with van der Waals surface area (Å²) in [5, 5.41) is 20.1. The highest BCUT2D eigenvalue weighted by molar-refractivity contribution is 7.04. The molecule has 3 aromatic rings. The first-order valence-corrected chi connectivity index (χ1v) is 8.22. The van der Waals surface area contributed by atoms with Gasteiger partial charge in [0.15, 0.2) is 0 Å². The van der Waals surface area contributed by atoms with Crippen molar-refractivity contribution in [1.82, 2.24) is 19.4 Å². The molecule has 0 saturated carbocycles. The van der Waals surface area contributed by atoms with Gasteiger partial charge in [0.05, 0.1) is 17.5 Å². The Hall–Kier alpha value is -2.12. The van der Waals surface area contributed by atoms with Gasteiger partial charge in [0.1, 0.15) is 5.82 Å². The van der Waals surface area contributed by atoms with E-state index in [1.807, 2.05) is 18.5 Å². The fourth-order valence-electron chi connectivity index (χ4n) is 2.47. The van der Waals surface area contributed by atoms with Crippen LogP contribution in [0, 0.1) is 5.82 Å². The quantitative estimate of drug-likeness (QED) is 0.779. The second-order valence-electron chi connectivity index (χ2n) is 5.34. The molecule has 0 amide bonds. The van der Waals surface area contributed by atoms with Gasteiger partial charge in [0, 0.05) is 30.1 Å². The number of aliphatic hydroxyl groups is 1. The summed E-state index contributed by atoms with van der Waals surface area (Å²) >= 11 is 1.34. The minimum atomic E-state index is -0.767. The molecule has 1 N–H and O–H groups in total. The van der Waals surface area contributed by atoms with Crippen molar-refractivity contribution in [2.24, 2.45) is 0 Å². The number of hydrogen-bond acceptors (Lipinski definition) is 5. The molecular weight excluding hydrogens is 315 g/mol. The van der Waals surface area contributed by atoms with Crippen molar-refractivity contribution in [3.8, 4) is 11.3 Å². The van der Waals surface area contributed by atoms with Crippen LogP contribution in [0.25, 0.3) is 11.3 Å². The predicted molar refractivity (Wildman–Crippen MR) is 86.6 cm³/mol. The first-order chi connectivity index (χ1) is 11.1. The van der Waals surface area contributed by atoms with Crippen LogP contribution in [0.2, 0.25) is 0 Å². The van der Waals surface area contributed by atoms with Crippen LogP contribution < -0.4 is 0 Å². The van der Waals surface area contributed by atoms with Crippen LogP contribution in [0.5, 0.6) is 0 Å². The van der Waals surface area contributed by atoms with Crippen molar-refractivity contribution in [3.05, 3.63) is 52.4 Å². The molecule has 3 rings (SSSR count). The number of nitrogens with zero attached hydrogens (tertiary/aromatic N) is 4. The molecule has 1 atom stereocenters. The maximum Gasteiger partial charge on any atom is 0.123 e. The maximum atomic E-state index is 13.5. The third kappa shape index (κ3) is 3.30. The van der Waals surface area contributed by atoms with Gasteiger partial charge in [-0.05, 0) is 54.7 Å². The first-order valence-electron chi connectivity index (χ1n) is 7.38. The van der Waals surface area contributed by atoms with Crippen LogP contribution in [0.4, 0.5) is 4.39 Å². The number of aliphatic hydroxyl groups excluding tert-OH is 1. The Morgan fingerprint density at radius 2 is 2.22 bits per heavy atom. The molecule has 0 aliphatic carbocycles. The standard InChI is InChI=1S/C16H17FN4OS/c1-3-21-8-13(18-20-21)6-11-9-23-19-16(11)14-5-4-12(17)7-15(14)10(2)22/h4-5,7-10,22H,3,6H2,1-2H3. The average molecular weight is 332 g/mol. The van der Waals surface area contributed by atoms with Gasteiger partial charge in [-0.25, -0.2) is 4.39 Å². The predicted octanol–water partition coefficient (Wildman–Crippen LogP) is 3.20. The van der Waals surface area contributed by atoms with Gasteiger partial charge in [-0.1, -0.05) is 5.21 Å². The van der Waals surface area contributed by atoms with E-state index in [1.165, 1.54) is 23.7 Å². The SMILES string of the molecule is CCn1cc(Cc2csnc2-c2ccc(F)cc2C(C)O)nn1. The Morgan fingerprint density at radius 3 is 2.91 bits per heavy atom. The zero-order valence-corrected chi connectivity index (χ0v) is 13.7. The second-order valence-corrected chi connectivity index (χ2v) is 5.97. The molecule has 2 heterocycles. The van der Waals surface area contributed by atoms with E-state index >= 15 is 0 Å². The largest absolute Gasteiger partial charge is 0.389 e. The van der Waals surface area contributed by atoms with Crippen molar-refractivity contribution in [1.29, 1.82) is 0 Å². The van der Waals surface area contributed by atoms with Gasteiger partial charge in [-0.3, -0.25) is 4.68 Å². The summed E-state index contributed by atoms with van der Waals surface area (Å²) in [6.45, 7) is 4.40. The van der Waals surface area contributed by atoms with Crippen molar-refractivity contribution in [3.63, 3.8) is 0 Å². The van der Waals surface area contributed by atoms with Crippen molar-refractivity contribution in [2.45, 2.75) is 32.9 Å². The Balaban J connectivity index is 1.98. The van der Waals surface area contributed by atoms with Crippen molar-refractivity contribution < 1.29 is 9.50 Å². The molecule has 0 aliphatic heterocycles. The number of rotatable bonds is 5. The van der Waals surface area contributed by atoms with Crippen LogP contribution in [0.1, 0.15) is 36.8 Å². The molecule has 23 heavy (non-hydrogen) atoms. The van der Waals surface area contributed by atoms with Gasteiger partial charge in [-0.2, -0.15) is 4.37 Å². The van der Waals surface area contributed by atoms with Crippen molar-refractivity contribution in [2.75, 3.05) is 0 Å². The molecular formula is C16H17FN4OS. The molecule has 5 nitrogen and oxygen atoms in total. The molecule has 0 saturated heterocycles. The zero-order valence-electron chi connectivity index (χ0n) is 12.9. The lowest BCUT2D eigenvalue weighted by Gasteiger charge is -2.11. The minimum Gasteiger partial charge on any atom is -0.389 e. The highest BCUT2D eigenvalue weighted by atomic mass is 32.1. The van der Waals surface area contributed by atoms with Gasteiger partial charge in [0.25, 0.3) is 0 Å². The molecule has 1 aromatic carbocycles. The lowest BCUT2D eigenvalue weighted by atomic mass is 9.97. The van der Waals surface area contributed by atoms with Crippen molar-refractivity contribution >= 4 is 11.5 Å². The lowest BCUT2D eigenvalue weighted by Crippen LogP contribution is -1.99. The Labute approximate surface area is 137 Å². The van der Waals surface area contributed by atoms with Crippen LogP contribution in [-0.2, 0) is 13.0 Å². The maximum absolute atomic E-state index is 13.5. The summed E-state index contributed by atoms with van der Waals surface area (Å²) in [6.07, 6.45) is 1.74. The molecule has 0 radical (unpaired) electrons. The minimum absolute atomic E-state index is 0.368. The van der Waals surface area contributed by atoms with Crippen LogP contribution in [0.3, 0.4) is 0 Å². The topological polar surface area (TPSA) is 63.8 Å².